The second-order valence-electron chi connectivity index (χ2n) is 4.89. The van der Waals surface area contributed by atoms with Crippen molar-refractivity contribution in [3.63, 3.8) is 0 Å². The second kappa shape index (κ2) is 6.02. The zero-order valence-electron chi connectivity index (χ0n) is 12.3. The van der Waals surface area contributed by atoms with Crippen LogP contribution >= 0.6 is 0 Å². The first-order valence-corrected chi connectivity index (χ1v) is 7.97. The highest BCUT2D eigenvalue weighted by molar-refractivity contribution is 7.89. The van der Waals surface area contributed by atoms with E-state index in [1.807, 2.05) is 38.1 Å². The van der Waals surface area contributed by atoms with Crippen LogP contribution < -0.4 is 0 Å². The first-order chi connectivity index (χ1) is 9.89. The van der Waals surface area contributed by atoms with Crippen molar-refractivity contribution in [1.29, 1.82) is 0 Å². The Morgan fingerprint density at radius 1 is 0.952 bits per heavy atom. The summed E-state index contributed by atoms with van der Waals surface area (Å²) in [6.07, 6.45) is 0. The smallest absolute Gasteiger partial charge is 0.227 e. The Hall–Kier alpha value is -2.25. The maximum atomic E-state index is 12.4. The summed E-state index contributed by atoms with van der Waals surface area (Å²) in [6.45, 7) is 3.88. The lowest BCUT2D eigenvalue weighted by Gasteiger charge is -2.12. The van der Waals surface area contributed by atoms with Crippen molar-refractivity contribution < 1.29 is 8.42 Å². The summed E-state index contributed by atoms with van der Waals surface area (Å²) in [6, 6.07) is 17.0. The van der Waals surface area contributed by atoms with Crippen LogP contribution in [0.25, 0.3) is 0 Å². The van der Waals surface area contributed by atoms with Gasteiger partial charge in [0.05, 0.1) is 4.90 Å². The van der Waals surface area contributed by atoms with E-state index >= 15 is 0 Å². The van der Waals surface area contributed by atoms with Gasteiger partial charge in [-0.05, 0) is 49.6 Å². The number of aryl methyl sites for hydroxylation is 2. The molecule has 2 aromatic rings. The van der Waals surface area contributed by atoms with Crippen LogP contribution in [0.5, 0.6) is 0 Å². The third kappa shape index (κ3) is 3.65. The Labute approximate surface area is 126 Å². The Morgan fingerprint density at radius 2 is 1.62 bits per heavy atom. The fraction of sp³-hybridized carbons (Fsp3) is 0.176. The lowest BCUT2D eigenvalue weighted by molar-refractivity contribution is 0.547. The molecule has 0 bridgehead atoms. The normalized spacial score (nSPS) is 10.6. The molecule has 0 amide bonds. The zero-order valence-corrected chi connectivity index (χ0v) is 13.1. The van der Waals surface area contributed by atoms with Gasteiger partial charge in [-0.3, -0.25) is 0 Å². The predicted octanol–water partition coefficient (Wildman–Crippen LogP) is 2.93. The first kappa shape index (κ1) is 15.1. The largest absolute Gasteiger partial charge is 0.270 e. The predicted molar refractivity (Wildman–Crippen MR) is 84.2 cm³/mol. The molecule has 2 rings (SSSR count). The van der Waals surface area contributed by atoms with Gasteiger partial charge < -0.3 is 0 Å². The van der Waals surface area contributed by atoms with E-state index in [0.717, 1.165) is 21.0 Å². The van der Waals surface area contributed by atoms with E-state index in [9.17, 15) is 8.42 Å². The molecule has 0 unspecified atom stereocenters. The number of rotatable bonds is 2. The topological polar surface area (TPSA) is 37.4 Å². The van der Waals surface area contributed by atoms with Gasteiger partial charge in [-0.15, -0.1) is 0 Å². The summed E-state index contributed by atoms with van der Waals surface area (Å²) in [4.78, 5) is 0.245. The second-order valence-corrected chi connectivity index (χ2v) is 6.86. The third-order valence-corrected chi connectivity index (χ3v) is 4.74. The van der Waals surface area contributed by atoms with Gasteiger partial charge in [-0.25, -0.2) is 12.7 Å². The summed E-state index contributed by atoms with van der Waals surface area (Å²) >= 11 is 0. The monoisotopic (exact) mass is 299 g/mol. The number of hydrogen-bond donors (Lipinski definition) is 0. The van der Waals surface area contributed by atoms with E-state index in [0.29, 0.717) is 0 Å². The zero-order chi connectivity index (χ0) is 15.5. The van der Waals surface area contributed by atoms with Crippen molar-refractivity contribution in [2.45, 2.75) is 18.7 Å². The molecule has 21 heavy (non-hydrogen) atoms. The quantitative estimate of drug-likeness (QED) is 0.631. The molecule has 4 heteroatoms. The molecule has 0 radical (unpaired) electrons. The fourth-order valence-electron chi connectivity index (χ4n) is 1.79. The molecule has 0 aliphatic carbocycles. The van der Waals surface area contributed by atoms with Gasteiger partial charge in [0.15, 0.2) is 0 Å². The lowest BCUT2D eigenvalue weighted by atomic mass is 10.1. The summed E-state index contributed by atoms with van der Waals surface area (Å²) in [5.74, 6) is 2.87. The Balaban J connectivity index is 2.28. The molecule has 0 N–H and O–H groups in total. The third-order valence-electron chi connectivity index (χ3n) is 3.06. The van der Waals surface area contributed by atoms with Gasteiger partial charge in [-0.1, -0.05) is 29.8 Å². The summed E-state index contributed by atoms with van der Waals surface area (Å²) in [5.41, 5.74) is 2.90. The average molecular weight is 299 g/mol. The van der Waals surface area contributed by atoms with Gasteiger partial charge >= 0.3 is 0 Å². The minimum Gasteiger partial charge on any atom is -0.227 e. The molecule has 2 aromatic carbocycles. The fourth-order valence-corrected chi connectivity index (χ4v) is 2.76. The molecule has 0 aromatic heterocycles. The Bertz CT molecular complexity index is 797. The molecular formula is C17H17NO2S. The van der Waals surface area contributed by atoms with Gasteiger partial charge in [0.1, 0.15) is 0 Å². The first-order valence-electron chi connectivity index (χ1n) is 6.53. The molecule has 0 atom stereocenters. The van der Waals surface area contributed by atoms with Crippen molar-refractivity contribution in [3.05, 3.63) is 65.2 Å². The number of hydrogen-bond acceptors (Lipinski definition) is 2. The van der Waals surface area contributed by atoms with Crippen LogP contribution in [0, 0.1) is 25.8 Å². The van der Waals surface area contributed by atoms with E-state index in [2.05, 4.69) is 12.0 Å². The van der Waals surface area contributed by atoms with Crippen LogP contribution in [-0.2, 0) is 10.0 Å². The van der Waals surface area contributed by atoms with E-state index in [4.69, 9.17) is 0 Å². The van der Waals surface area contributed by atoms with Crippen molar-refractivity contribution in [3.8, 4) is 12.0 Å². The maximum absolute atomic E-state index is 12.4. The molecule has 0 aliphatic rings. The molecule has 108 valence electrons. The van der Waals surface area contributed by atoms with E-state index in [1.165, 1.54) is 7.05 Å². The summed E-state index contributed by atoms with van der Waals surface area (Å²) in [5, 5.41) is 0. The molecule has 0 aliphatic heterocycles. The van der Waals surface area contributed by atoms with Gasteiger partial charge in [0, 0.05) is 18.7 Å². The summed E-state index contributed by atoms with van der Waals surface area (Å²) in [7, 11) is -2.12. The van der Waals surface area contributed by atoms with Crippen LogP contribution in [0.1, 0.15) is 16.7 Å². The molecule has 0 saturated carbocycles. The van der Waals surface area contributed by atoms with Gasteiger partial charge in [0.2, 0.25) is 0 Å². The Morgan fingerprint density at radius 3 is 2.24 bits per heavy atom. The molecule has 3 nitrogen and oxygen atoms in total. The molecule has 0 fully saturated rings. The lowest BCUT2D eigenvalue weighted by Crippen LogP contribution is -2.22. The van der Waals surface area contributed by atoms with Gasteiger partial charge in [-0.2, -0.15) is 0 Å². The van der Waals surface area contributed by atoms with Crippen LogP contribution in [0.2, 0.25) is 0 Å². The number of benzene rings is 2. The highest BCUT2D eigenvalue weighted by Crippen LogP contribution is 2.14. The van der Waals surface area contributed by atoms with Crippen molar-refractivity contribution in [2.24, 2.45) is 0 Å². The standard InChI is InChI=1S/C17H17NO2S/c1-14-7-9-17(10-8-14)21(19,20)18(3)12-11-16-6-4-5-15(2)13-16/h4-10,13H,1-3H3. The molecule has 0 heterocycles. The van der Waals surface area contributed by atoms with E-state index in [-0.39, 0.29) is 4.90 Å². The minimum atomic E-state index is -3.58. The van der Waals surface area contributed by atoms with Crippen LogP contribution in [0.3, 0.4) is 0 Å². The molecule has 0 saturated heterocycles. The number of nitrogens with zero attached hydrogens (tertiary/aromatic N) is 1. The van der Waals surface area contributed by atoms with Crippen LogP contribution in [0.15, 0.2) is 53.4 Å². The van der Waals surface area contributed by atoms with E-state index < -0.39 is 10.0 Å². The SMILES string of the molecule is Cc1ccc(S(=O)(=O)N(C)C#Cc2cccc(C)c2)cc1. The molecule has 0 spiro atoms. The van der Waals surface area contributed by atoms with Crippen LogP contribution in [0.4, 0.5) is 0 Å². The highest BCUT2D eigenvalue weighted by atomic mass is 32.2. The average Bonchev–Trinajstić information content (AvgIpc) is 2.45. The maximum Gasteiger partial charge on any atom is 0.270 e. The number of sulfonamides is 1. The van der Waals surface area contributed by atoms with Crippen molar-refractivity contribution in [2.75, 3.05) is 7.05 Å². The molecular weight excluding hydrogens is 282 g/mol. The van der Waals surface area contributed by atoms with Crippen molar-refractivity contribution >= 4 is 10.0 Å². The van der Waals surface area contributed by atoms with Crippen LogP contribution in [-0.4, -0.2) is 19.8 Å². The van der Waals surface area contributed by atoms with E-state index in [1.54, 1.807) is 24.3 Å². The Kier molecular flexibility index (Phi) is 4.35. The van der Waals surface area contributed by atoms with Gasteiger partial charge in [0.25, 0.3) is 10.0 Å². The highest BCUT2D eigenvalue weighted by Gasteiger charge is 2.17. The minimum absolute atomic E-state index is 0.245. The summed E-state index contributed by atoms with van der Waals surface area (Å²) < 4.78 is 25.8. The van der Waals surface area contributed by atoms with Crippen molar-refractivity contribution in [1.82, 2.24) is 4.31 Å².